The first-order chi connectivity index (χ1) is 12.1. The normalized spacial score (nSPS) is 21.3. The minimum atomic E-state index is -0.218. The zero-order valence-electron chi connectivity index (χ0n) is 15.5. The number of amides is 1. The molecule has 1 saturated heterocycles. The smallest absolute Gasteiger partial charge is 0.253 e. The lowest BCUT2D eigenvalue weighted by atomic mass is 9.76. The van der Waals surface area contributed by atoms with E-state index in [4.69, 9.17) is 0 Å². The molecule has 1 aromatic rings. The van der Waals surface area contributed by atoms with Crippen LogP contribution in [-0.4, -0.2) is 41.1 Å². The molecule has 0 spiro atoms. The van der Waals surface area contributed by atoms with Crippen LogP contribution in [0.2, 0.25) is 0 Å². The van der Waals surface area contributed by atoms with Crippen molar-refractivity contribution in [1.82, 2.24) is 10.2 Å². The number of carbonyl (C=O) groups is 1. The third kappa shape index (κ3) is 4.42. The molecule has 1 aromatic carbocycles. The number of nitrogens with zero attached hydrogens (tertiary/aromatic N) is 1. The summed E-state index contributed by atoms with van der Waals surface area (Å²) in [4.78, 5) is 14.3. The first kappa shape index (κ1) is 18.4. The molecule has 25 heavy (non-hydrogen) atoms. The summed E-state index contributed by atoms with van der Waals surface area (Å²) in [6.45, 7) is 4.82. The molecule has 2 aliphatic rings. The second kappa shape index (κ2) is 8.33. The minimum absolute atomic E-state index is 0.152. The van der Waals surface area contributed by atoms with E-state index >= 15 is 0 Å². The number of benzene rings is 1. The van der Waals surface area contributed by atoms with Crippen LogP contribution >= 0.6 is 0 Å². The zero-order valence-corrected chi connectivity index (χ0v) is 15.5. The summed E-state index contributed by atoms with van der Waals surface area (Å²) in [5.41, 5.74) is 1.72. The van der Waals surface area contributed by atoms with Crippen molar-refractivity contribution < 1.29 is 9.90 Å². The number of aliphatic hydroxyl groups excluding tert-OH is 1. The Kier molecular flexibility index (Phi) is 6.13. The van der Waals surface area contributed by atoms with Crippen LogP contribution in [0, 0.1) is 5.92 Å². The van der Waals surface area contributed by atoms with Crippen LogP contribution in [0.4, 0.5) is 0 Å². The van der Waals surface area contributed by atoms with Gasteiger partial charge in [-0.3, -0.25) is 4.79 Å². The van der Waals surface area contributed by atoms with E-state index < -0.39 is 0 Å². The fourth-order valence-electron chi connectivity index (χ4n) is 4.24. The molecule has 1 heterocycles. The van der Waals surface area contributed by atoms with Gasteiger partial charge in [0.15, 0.2) is 0 Å². The van der Waals surface area contributed by atoms with E-state index in [9.17, 15) is 9.90 Å². The van der Waals surface area contributed by atoms with Crippen molar-refractivity contribution in [1.29, 1.82) is 0 Å². The van der Waals surface area contributed by atoms with Crippen LogP contribution in [0.15, 0.2) is 24.3 Å². The predicted molar refractivity (Wildman–Crippen MR) is 100 cm³/mol. The summed E-state index contributed by atoms with van der Waals surface area (Å²) in [6.07, 6.45) is 8.51. The number of likely N-dealkylation sites (tertiary alicyclic amines) is 1. The average molecular weight is 344 g/mol. The maximum absolute atomic E-state index is 12.4. The van der Waals surface area contributed by atoms with Gasteiger partial charge >= 0.3 is 0 Å². The lowest BCUT2D eigenvalue weighted by Crippen LogP contribution is -2.52. The fraction of sp³-hybridized carbons (Fsp3) is 0.667. The van der Waals surface area contributed by atoms with E-state index in [1.54, 1.807) is 0 Å². The molecule has 138 valence electrons. The third-order valence-corrected chi connectivity index (χ3v) is 6.13. The Balaban J connectivity index is 1.57. The van der Waals surface area contributed by atoms with E-state index in [-0.39, 0.29) is 18.1 Å². The van der Waals surface area contributed by atoms with Crippen LogP contribution in [-0.2, 0) is 6.54 Å². The van der Waals surface area contributed by atoms with Gasteiger partial charge in [-0.2, -0.15) is 0 Å². The van der Waals surface area contributed by atoms with Gasteiger partial charge in [-0.1, -0.05) is 31.4 Å². The number of hydrogen-bond donors (Lipinski definition) is 2. The van der Waals surface area contributed by atoms with E-state index in [0.29, 0.717) is 5.92 Å². The van der Waals surface area contributed by atoms with Crippen LogP contribution in [0.5, 0.6) is 0 Å². The highest BCUT2D eigenvalue weighted by molar-refractivity contribution is 5.94. The van der Waals surface area contributed by atoms with Gasteiger partial charge in [0.25, 0.3) is 5.91 Å². The summed E-state index contributed by atoms with van der Waals surface area (Å²) in [5.74, 6) is 0.696. The summed E-state index contributed by atoms with van der Waals surface area (Å²) in [5, 5.41) is 13.5. The zero-order chi connectivity index (χ0) is 17.7. The van der Waals surface area contributed by atoms with Crippen molar-refractivity contribution in [2.45, 2.75) is 64.0 Å². The molecule has 3 rings (SSSR count). The molecular weight excluding hydrogens is 312 g/mol. The number of aliphatic hydroxyl groups is 1. The van der Waals surface area contributed by atoms with Crippen LogP contribution in [0.3, 0.4) is 0 Å². The number of carbonyl (C=O) groups excluding carboxylic acids is 1. The van der Waals surface area contributed by atoms with Crippen molar-refractivity contribution in [2.75, 3.05) is 19.7 Å². The van der Waals surface area contributed by atoms with Crippen LogP contribution in [0.1, 0.15) is 67.8 Å². The highest BCUT2D eigenvalue weighted by Gasteiger charge is 2.33. The van der Waals surface area contributed by atoms with Crippen molar-refractivity contribution in [3.63, 3.8) is 0 Å². The average Bonchev–Trinajstić information content (AvgIpc) is 3.21. The van der Waals surface area contributed by atoms with E-state index in [0.717, 1.165) is 43.6 Å². The molecular formula is C21H32N2O2. The van der Waals surface area contributed by atoms with Crippen molar-refractivity contribution in [3.8, 4) is 0 Å². The Morgan fingerprint density at radius 2 is 1.76 bits per heavy atom. The largest absolute Gasteiger partial charge is 0.394 e. The monoisotopic (exact) mass is 344 g/mol. The molecule has 1 atom stereocenters. The summed E-state index contributed by atoms with van der Waals surface area (Å²) in [7, 11) is 0. The summed E-state index contributed by atoms with van der Waals surface area (Å²) in [6, 6.07) is 7.95. The van der Waals surface area contributed by atoms with Gasteiger partial charge < -0.3 is 15.3 Å². The van der Waals surface area contributed by atoms with Gasteiger partial charge in [0.05, 0.1) is 6.61 Å². The lowest BCUT2D eigenvalue weighted by molar-refractivity contribution is 0.0793. The maximum Gasteiger partial charge on any atom is 0.253 e. The molecule has 1 aliphatic heterocycles. The molecule has 4 heteroatoms. The van der Waals surface area contributed by atoms with Gasteiger partial charge in [0, 0.05) is 30.7 Å². The Morgan fingerprint density at radius 1 is 1.12 bits per heavy atom. The number of hydrogen-bond acceptors (Lipinski definition) is 3. The highest BCUT2D eigenvalue weighted by atomic mass is 16.3. The highest BCUT2D eigenvalue weighted by Crippen LogP contribution is 2.32. The standard InChI is InChI=1S/C21H32N2O2/c1-21(16-24,19-7-3-2-4-8-19)22-15-17-9-11-18(12-10-17)20(25)23-13-5-6-14-23/h9-12,19,22,24H,2-8,13-16H2,1H3/t21-/m0/s1. The Labute approximate surface area is 151 Å². The van der Waals surface area contributed by atoms with Gasteiger partial charge in [-0.05, 0) is 56.2 Å². The third-order valence-electron chi connectivity index (χ3n) is 6.13. The molecule has 1 saturated carbocycles. The van der Waals surface area contributed by atoms with Crippen molar-refractivity contribution in [3.05, 3.63) is 35.4 Å². The molecule has 4 nitrogen and oxygen atoms in total. The van der Waals surface area contributed by atoms with E-state index in [1.807, 2.05) is 29.2 Å². The second-order valence-electron chi connectivity index (χ2n) is 7.96. The fourth-order valence-corrected chi connectivity index (χ4v) is 4.24. The molecule has 0 radical (unpaired) electrons. The molecule has 0 bridgehead atoms. The van der Waals surface area contributed by atoms with E-state index in [2.05, 4.69) is 12.2 Å². The quantitative estimate of drug-likeness (QED) is 0.832. The SMILES string of the molecule is C[C@@](CO)(NCc1ccc(C(=O)N2CCCC2)cc1)C1CCCCC1. The maximum atomic E-state index is 12.4. The molecule has 1 aliphatic carbocycles. The molecule has 2 fully saturated rings. The molecule has 1 amide bonds. The number of rotatable bonds is 6. The number of nitrogens with one attached hydrogen (secondary N) is 1. The van der Waals surface area contributed by atoms with Crippen LogP contribution in [0.25, 0.3) is 0 Å². The Hall–Kier alpha value is -1.39. The Morgan fingerprint density at radius 3 is 2.36 bits per heavy atom. The van der Waals surface area contributed by atoms with Crippen molar-refractivity contribution in [2.24, 2.45) is 5.92 Å². The van der Waals surface area contributed by atoms with Crippen LogP contribution < -0.4 is 5.32 Å². The van der Waals surface area contributed by atoms with Gasteiger partial charge in [-0.15, -0.1) is 0 Å². The summed E-state index contributed by atoms with van der Waals surface area (Å²) < 4.78 is 0. The summed E-state index contributed by atoms with van der Waals surface area (Å²) >= 11 is 0. The first-order valence-corrected chi connectivity index (χ1v) is 9.86. The van der Waals surface area contributed by atoms with Gasteiger partial charge in [0.2, 0.25) is 0 Å². The molecule has 2 N–H and O–H groups in total. The molecule has 0 aromatic heterocycles. The van der Waals surface area contributed by atoms with Gasteiger partial charge in [-0.25, -0.2) is 0 Å². The van der Waals surface area contributed by atoms with Gasteiger partial charge in [0.1, 0.15) is 0 Å². The van der Waals surface area contributed by atoms with Crippen molar-refractivity contribution >= 4 is 5.91 Å². The lowest BCUT2D eigenvalue weighted by Gasteiger charge is -2.39. The first-order valence-electron chi connectivity index (χ1n) is 9.86. The molecule has 0 unspecified atom stereocenters. The second-order valence-corrected chi connectivity index (χ2v) is 7.96. The van der Waals surface area contributed by atoms with E-state index in [1.165, 1.54) is 32.1 Å². The minimum Gasteiger partial charge on any atom is -0.394 e. The Bertz CT molecular complexity index is 560. The predicted octanol–water partition coefficient (Wildman–Crippen LogP) is 3.34. The topological polar surface area (TPSA) is 52.6 Å².